The van der Waals surface area contributed by atoms with Gasteiger partial charge in [-0.15, -0.1) is 0 Å². The van der Waals surface area contributed by atoms with Crippen LogP contribution in [0.2, 0.25) is 0 Å². The summed E-state index contributed by atoms with van der Waals surface area (Å²) in [5.41, 5.74) is -1.49. The first-order chi connectivity index (χ1) is 14.9. The Morgan fingerprint density at radius 3 is 1.34 bits per heavy atom. The van der Waals surface area contributed by atoms with Crippen LogP contribution in [0.25, 0.3) is 0 Å². The van der Waals surface area contributed by atoms with Gasteiger partial charge in [-0.05, 0) is 74.6 Å². The Morgan fingerprint density at radius 1 is 0.719 bits per heavy atom. The number of carbonyl (C=O) groups is 4. The molecule has 170 valence electrons. The quantitative estimate of drug-likeness (QED) is 0.686. The maximum Gasteiger partial charge on any atom is 0.238 e. The van der Waals surface area contributed by atoms with E-state index in [9.17, 15) is 19.2 Å². The number of nitrogens with one attached hydrogen (secondary N) is 2. The highest BCUT2D eigenvalue weighted by Gasteiger charge is 2.66. The lowest BCUT2D eigenvalue weighted by Gasteiger charge is -2.32. The number of hydrogen-bond acceptors (Lipinski definition) is 4. The van der Waals surface area contributed by atoms with Crippen molar-refractivity contribution in [2.75, 3.05) is 10.6 Å². The molecular weight excluding hydrogens is 404 g/mol. The lowest BCUT2D eigenvalue weighted by Crippen LogP contribution is -2.44. The Balaban J connectivity index is 1.27. The van der Waals surface area contributed by atoms with Gasteiger partial charge in [-0.3, -0.25) is 19.2 Å². The van der Waals surface area contributed by atoms with E-state index in [0.717, 1.165) is 12.8 Å². The van der Waals surface area contributed by atoms with Gasteiger partial charge in [0.2, 0.25) is 11.8 Å². The molecule has 5 rings (SSSR count). The van der Waals surface area contributed by atoms with Crippen LogP contribution in [-0.2, 0) is 19.2 Å². The molecule has 1 aromatic rings. The third-order valence-electron chi connectivity index (χ3n) is 9.38. The maximum absolute atomic E-state index is 13.1. The third-order valence-corrected chi connectivity index (χ3v) is 9.38. The summed E-state index contributed by atoms with van der Waals surface area (Å²) in [6.07, 6.45) is 4.32. The molecule has 0 spiro atoms. The molecule has 1 aromatic carbocycles. The van der Waals surface area contributed by atoms with Gasteiger partial charge in [0.25, 0.3) is 0 Å². The molecule has 2 N–H and O–H groups in total. The number of fused-ring (bicyclic) bond motifs is 4. The zero-order chi connectivity index (χ0) is 23.1. The monoisotopic (exact) mass is 436 g/mol. The number of amides is 2. The van der Waals surface area contributed by atoms with E-state index in [1.54, 1.807) is 24.3 Å². The number of rotatable bonds is 4. The van der Waals surface area contributed by atoms with Crippen molar-refractivity contribution in [1.82, 2.24) is 0 Å². The van der Waals surface area contributed by atoms with Crippen molar-refractivity contribution in [3.63, 3.8) is 0 Å². The molecule has 32 heavy (non-hydrogen) atoms. The smallest absolute Gasteiger partial charge is 0.238 e. The van der Waals surface area contributed by atoms with E-state index >= 15 is 0 Å². The highest BCUT2D eigenvalue weighted by molar-refractivity contribution is 6.16. The van der Waals surface area contributed by atoms with E-state index in [-0.39, 0.29) is 35.2 Å². The summed E-state index contributed by atoms with van der Waals surface area (Å²) in [4.78, 5) is 52.0. The molecule has 4 aliphatic rings. The fraction of sp³-hybridized carbons (Fsp3) is 0.615. The number of carbonyl (C=O) groups excluding carboxylic acids is 4. The molecule has 2 amide bonds. The van der Waals surface area contributed by atoms with Gasteiger partial charge in [-0.1, -0.05) is 27.7 Å². The van der Waals surface area contributed by atoms with Gasteiger partial charge < -0.3 is 10.6 Å². The van der Waals surface area contributed by atoms with Crippen molar-refractivity contribution in [3.05, 3.63) is 24.3 Å². The van der Waals surface area contributed by atoms with E-state index in [2.05, 4.69) is 10.6 Å². The first-order valence-electron chi connectivity index (χ1n) is 11.8. The predicted octanol–water partition coefficient (Wildman–Crippen LogP) is 4.35. The number of ketones is 2. The third kappa shape index (κ3) is 2.64. The van der Waals surface area contributed by atoms with Crippen LogP contribution in [0.15, 0.2) is 24.3 Å². The average Bonchev–Trinajstić information content (AvgIpc) is 3.47. The second kappa shape index (κ2) is 6.52. The molecule has 0 saturated heterocycles. The highest BCUT2D eigenvalue weighted by Crippen LogP contribution is 2.61. The summed E-state index contributed by atoms with van der Waals surface area (Å²) in [5.74, 6) is 0.221. The van der Waals surface area contributed by atoms with Crippen molar-refractivity contribution < 1.29 is 19.2 Å². The molecule has 6 nitrogen and oxygen atoms in total. The van der Waals surface area contributed by atoms with Crippen LogP contribution in [-0.4, -0.2) is 23.4 Å². The average molecular weight is 437 g/mol. The molecule has 0 aromatic heterocycles. The Hall–Kier alpha value is -2.50. The highest BCUT2D eigenvalue weighted by atomic mass is 16.2. The molecule has 4 aliphatic carbocycles. The molecule has 4 atom stereocenters. The van der Waals surface area contributed by atoms with Crippen LogP contribution < -0.4 is 10.6 Å². The molecule has 6 heteroatoms. The summed E-state index contributed by atoms with van der Waals surface area (Å²) in [6.45, 7) is 7.81. The van der Waals surface area contributed by atoms with Crippen LogP contribution in [0.3, 0.4) is 0 Å². The van der Waals surface area contributed by atoms with Crippen molar-refractivity contribution in [1.29, 1.82) is 0 Å². The summed E-state index contributed by atoms with van der Waals surface area (Å²) in [6, 6.07) is 6.93. The van der Waals surface area contributed by atoms with Gasteiger partial charge in [0, 0.05) is 22.2 Å². The molecule has 4 saturated carbocycles. The zero-order valence-corrected chi connectivity index (χ0v) is 19.3. The first kappa shape index (κ1) is 21.4. The Bertz CT molecular complexity index is 957. The first-order valence-corrected chi connectivity index (χ1v) is 11.8. The fourth-order valence-corrected chi connectivity index (χ4v) is 7.10. The van der Waals surface area contributed by atoms with Gasteiger partial charge in [0.1, 0.15) is 10.8 Å². The van der Waals surface area contributed by atoms with Gasteiger partial charge in [-0.25, -0.2) is 0 Å². The topological polar surface area (TPSA) is 92.3 Å². The van der Waals surface area contributed by atoms with Crippen molar-refractivity contribution in [2.24, 2.45) is 33.5 Å². The minimum Gasteiger partial charge on any atom is -0.325 e. The molecular formula is C26H32N2O4. The van der Waals surface area contributed by atoms with Gasteiger partial charge in [0.15, 0.2) is 11.6 Å². The lowest BCUT2D eigenvalue weighted by molar-refractivity contribution is -0.143. The van der Waals surface area contributed by atoms with Crippen LogP contribution in [0.5, 0.6) is 0 Å². The normalized spacial score (nSPS) is 35.9. The summed E-state index contributed by atoms with van der Waals surface area (Å²) in [5, 5.41) is 5.85. The molecule has 0 aliphatic heterocycles. The summed E-state index contributed by atoms with van der Waals surface area (Å²) < 4.78 is 0. The molecule has 0 heterocycles. The predicted molar refractivity (Wildman–Crippen MR) is 121 cm³/mol. The van der Waals surface area contributed by atoms with Crippen molar-refractivity contribution >= 4 is 34.8 Å². The number of Topliss-reactive ketones (excluding diaryl/α,β-unsaturated/α-hetero) is 2. The van der Waals surface area contributed by atoms with E-state index in [1.165, 1.54) is 0 Å². The van der Waals surface area contributed by atoms with Crippen LogP contribution >= 0.6 is 0 Å². The molecule has 4 fully saturated rings. The van der Waals surface area contributed by atoms with E-state index in [4.69, 9.17) is 0 Å². The Kier molecular flexibility index (Phi) is 4.35. The molecule has 4 bridgehead atoms. The summed E-state index contributed by atoms with van der Waals surface area (Å²) in [7, 11) is 0. The van der Waals surface area contributed by atoms with Crippen molar-refractivity contribution in [3.8, 4) is 0 Å². The molecule has 0 unspecified atom stereocenters. The summed E-state index contributed by atoms with van der Waals surface area (Å²) >= 11 is 0. The van der Waals surface area contributed by atoms with E-state index in [1.807, 2.05) is 27.7 Å². The minimum absolute atomic E-state index is 0.0564. The minimum atomic E-state index is -0.908. The number of benzene rings is 1. The van der Waals surface area contributed by atoms with Crippen LogP contribution in [0.1, 0.15) is 66.2 Å². The van der Waals surface area contributed by atoms with Gasteiger partial charge in [0.05, 0.1) is 0 Å². The van der Waals surface area contributed by atoms with Crippen LogP contribution in [0, 0.1) is 33.5 Å². The second-order valence-corrected chi connectivity index (χ2v) is 11.6. The zero-order valence-electron chi connectivity index (χ0n) is 19.3. The fourth-order valence-electron chi connectivity index (χ4n) is 7.10. The number of hydrogen-bond donors (Lipinski definition) is 2. The Morgan fingerprint density at radius 2 is 1.06 bits per heavy atom. The standard InChI is InChI=1S/C26H32N2O4/c1-23(2)15-9-11-25(13-15,19(23)29)21(31)27-17-5-7-18(8-6-17)28-22(32)26-12-10-16(14-26)24(3,4)20(26)30/h5-8,15-16H,9-14H2,1-4H3,(H,27,31)(H,28,32)/t15-,16+,25-,26-/m0/s1. The molecule has 0 radical (unpaired) electrons. The van der Waals surface area contributed by atoms with Crippen molar-refractivity contribution in [2.45, 2.75) is 66.2 Å². The SMILES string of the molecule is CC1(C)C(=O)[C@]2(C(=O)Nc3ccc(NC(=O)[C@@]45CC[C@@H](C4)C(C)(C)C5=O)cc3)CC[C@@H]1C2. The maximum atomic E-state index is 13.1. The lowest BCUT2D eigenvalue weighted by atomic mass is 9.70. The second-order valence-electron chi connectivity index (χ2n) is 11.6. The van der Waals surface area contributed by atoms with Gasteiger partial charge >= 0.3 is 0 Å². The number of anilines is 2. The van der Waals surface area contributed by atoms with Crippen LogP contribution in [0.4, 0.5) is 11.4 Å². The van der Waals surface area contributed by atoms with Gasteiger partial charge in [-0.2, -0.15) is 0 Å². The van der Waals surface area contributed by atoms with E-state index in [0.29, 0.717) is 37.1 Å². The van der Waals surface area contributed by atoms with E-state index < -0.39 is 21.7 Å². The largest absolute Gasteiger partial charge is 0.325 e. The Labute approximate surface area is 188 Å².